The van der Waals surface area contributed by atoms with Crippen molar-refractivity contribution in [1.29, 1.82) is 0 Å². The summed E-state index contributed by atoms with van der Waals surface area (Å²) >= 11 is 0. The standard InChI is InChI=1S/C10H28N4OSi2/c1-16-15-17(2,3)10(8-13-6-4-11)9-14-7-5-12/h10,13-14H,4-9,11-12H2,1-3H3. The van der Waals surface area contributed by atoms with Crippen LogP contribution < -0.4 is 22.1 Å². The normalized spacial score (nSPS) is 12.4. The summed E-state index contributed by atoms with van der Waals surface area (Å²) in [5.41, 5.74) is 11.5. The maximum Gasteiger partial charge on any atom is 0.211 e. The Kier molecular flexibility index (Phi) is 10.3. The summed E-state index contributed by atoms with van der Waals surface area (Å²) < 4.78 is 5.98. The quantitative estimate of drug-likeness (QED) is 0.297. The molecule has 0 aliphatic heterocycles. The lowest BCUT2D eigenvalue weighted by atomic mass is 10.4. The molecule has 0 bridgehead atoms. The topological polar surface area (TPSA) is 85.3 Å². The lowest BCUT2D eigenvalue weighted by molar-refractivity contribution is 0.513. The number of nitrogens with two attached hydrogens (primary N) is 2. The van der Waals surface area contributed by atoms with Crippen LogP contribution in [0.5, 0.6) is 0 Å². The molecule has 0 heterocycles. The number of hydrogen-bond acceptors (Lipinski definition) is 5. The van der Waals surface area contributed by atoms with Crippen LogP contribution in [0.4, 0.5) is 0 Å². The van der Waals surface area contributed by atoms with Crippen molar-refractivity contribution in [2.24, 2.45) is 11.5 Å². The Morgan fingerprint density at radius 3 is 1.94 bits per heavy atom. The highest BCUT2D eigenvalue weighted by atomic mass is 28.4. The van der Waals surface area contributed by atoms with Crippen LogP contribution in [0.2, 0.25) is 25.2 Å². The van der Waals surface area contributed by atoms with Gasteiger partial charge in [0.1, 0.15) is 0 Å². The third-order valence-electron chi connectivity index (χ3n) is 2.77. The molecule has 0 aromatic heterocycles. The first-order chi connectivity index (χ1) is 8.08. The van der Waals surface area contributed by atoms with Crippen molar-refractivity contribution in [2.45, 2.75) is 25.2 Å². The highest BCUT2D eigenvalue weighted by Gasteiger charge is 2.32. The first-order valence-electron chi connectivity index (χ1n) is 6.24. The van der Waals surface area contributed by atoms with Crippen molar-refractivity contribution in [2.75, 3.05) is 39.3 Å². The van der Waals surface area contributed by atoms with Crippen LogP contribution in [-0.2, 0) is 4.12 Å². The Morgan fingerprint density at radius 2 is 1.59 bits per heavy atom. The molecule has 0 spiro atoms. The predicted molar refractivity (Wildman–Crippen MR) is 77.8 cm³/mol. The van der Waals surface area contributed by atoms with E-state index >= 15 is 0 Å². The summed E-state index contributed by atoms with van der Waals surface area (Å²) in [7, 11) is -1.06. The molecule has 0 aromatic carbocycles. The zero-order chi connectivity index (χ0) is 13.1. The van der Waals surface area contributed by atoms with Gasteiger partial charge < -0.3 is 26.2 Å². The highest BCUT2D eigenvalue weighted by molar-refractivity contribution is 6.76. The van der Waals surface area contributed by atoms with Crippen LogP contribution in [0.1, 0.15) is 0 Å². The van der Waals surface area contributed by atoms with Crippen molar-refractivity contribution in [3.63, 3.8) is 0 Å². The minimum atomic E-state index is -1.63. The van der Waals surface area contributed by atoms with Gasteiger partial charge in [-0.05, 0) is 32.7 Å². The number of hydrogen-bond donors (Lipinski definition) is 4. The zero-order valence-electron chi connectivity index (χ0n) is 11.4. The van der Waals surface area contributed by atoms with Crippen molar-refractivity contribution < 1.29 is 4.12 Å². The second-order valence-corrected chi connectivity index (χ2v) is 9.84. The average molecular weight is 277 g/mol. The van der Waals surface area contributed by atoms with E-state index in [1.165, 1.54) is 0 Å². The third kappa shape index (κ3) is 8.03. The summed E-state index contributed by atoms with van der Waals surface area (Å²) in [4.78, 5) is 0. The largest absolute Gasteiger partial charge is 0.456 e. The first-order valence-corrected chi connectivity index (χ1v) is 10.6. The highest BCUT2D eigenvalue weighted by Crippen LogP contribution is 2.21. The smallest absolute Gasteiger partial charge is 0.211 e. The molecule has 0 aliphatic carbocycles. The summed E-state index contributed by atoms with van der Waals surface area (Å²) in [5, 5.41) is 6.78. The van der Waals surface area contributed by atoms with Gasteiger partial charge in [-0.2, -0.15) is 0 Å². The third-order valence-corrected chi connectivity index (χ3v) is 8.07. The molecule has 7 heteroatoms. The van der Waals surface area contributed by atoms with Gasteiger partial charge >= 0.3 is 0 Å². The van der Waals surface area contributed by atoms with Crippen molar-refractivity contribution in [3.8, 4) is 0 Å². The number of rotatable bonds is 11. The Balaban J connectivity index is 4.16. The maximum absolute atomic E-state index is 5.98. The van der Waals surface area contributed by atoms with E-state index < -0.39 is 8.32 Å². The fourth-order valence-electron chi connectivity index (χ4n) is 1.67. The lowest BCUT2D eigenvalue weighted by Gasteiger charge is -2.32. The summed E-state index contributed by atoms with van der Waals surface area (Å²) in [5.74, 6) is 0. The van der Waals surface area contributed by atoms with Gasteiger partial charge in [0.25, 0.3) is 0 Å². The van der Waals surface area contributed by atoms with Crippen molar-refractivity contribution in [3.05, 3.63) is 0 Å². The summed E-state index contributed by atoms with van der Waals surface area (Å²) in [6, 6.07) is 0. The SMILES string of the molecule is C[Si]O[Si](C)(C)C(CNCCN)CNCCN. The molecule has 0 fully saturated rings. The Bertz CT molecular complexity index is 174. The molecule has 17 heavy (non-hydrogen) atoms. The van der Waals surface area contributed by atoms with E-state index in [2.05, 4.69) is 30.3 Å². The molecular weight excluding hydrogens is 248 g/mol. The lowest BCUT2D eigenvalue weighted by Crippen LogP contribution is -2.47. The van der Waals surface area contributed by atoms with Crippen LogP contribution >= 0.6 is 0 Å². The molecule has 0 rings (SSSR count). The van der Waals surface area contributed by atoms with Crippen molar-refractivity contribution >= 4 is 18.1 Å². The molecular formula is C10H28N4OSi2. The average Bonchev–Trinajstić information content (AvgIpc) is 2.27. The van der Waals surface area contributed by atoms with Crippen molar-refractivity contribution in [1.82, 2.24) is 10.6 Å². The molecule has 2 radical (unpaired) electrons. The molecule has 0 unspecified atom stereocenters. The molecule has 0 atom stereocenters. The molecule has 0 saturated heterocycles. The van der Waals surface area contributed by atoms with Crippen LogP contribution in [0.15, 0.2) is 0 Å². The van der Waals surface area contributed by atoms with Gasteiger partial charge in [0, 0.05) is 31.7 Å². The van der Waals surface area contributed by atoms with Gasteiger partial charge in [0.2, 0.25) is 9.76 Å². The molecule has 0 amide bonds. The van der Waals surface area contributed by atoms with Gasteiger partial charge in [0.15, 0.2) is 8.32 Å². The summed E-state index contributed by atoms with van der Waals surface area (Å²) in [6.45, 7) is 11.7. The Morgan fingerprint density at radius 1 is 1.12 bits per heavy atom. The molecule has 0 aromatic rings. The number of nitrogens with one attached hydrogen (secondary N) is 2. The second-order valence-electron chi connectivity index (χ2n) is 4.59. The van der Waals surface area contributed by atoms with Crippen LogP contribution in [-0.4, -0.2) is 57.3 Å². The molecule has 102 valence electrons. The van der Waals surface area contributed by atoms with E-state index in [0.29, 0.717) is 28.4 Å². The fourth-order valence-corrected chi connectivity index (χ4v) is 5.71. The van der Waals surface area contributed by atoms with Gasteiger partial charge in [-0.3, -0.25) is 0 Å². The molecule has 0 saturated carbocycles. The zero-order valence-corrected chi connectivity index (χ0v) is 13.4. The van der Waals surface area contributed by atoms with Crippen LogP contribution in [0, 0.1) is 0 Å². The van der Waals surface area contributed by atoms with E-state index in [4.69, 9.17) is 15.6 Å². The monoisotopic (exact) mass is 276 g/mol. The van der Waals surface area contributed by atoms with Gasteiger partial charge in [-0.1, -0.05) is 0 Å². The van der Waals surface area contributed by atoms with Crippen LogP contribution in [0.25, 0.3) is 0 Å². The minimum Gasteiger partial charge on any atom is -0.456 e. The Hall–Kier alpha value is 0.234. The fraction of sp³-hybridized carbons (Fsp3) is 1.00. The minimum absolute atomic E-state index is 0.549. The van der Waals surface area contributed by atoms with E-state index in [9.17, 15) is 0 Å². The van der Waals surface area contributed by atoms with E-state index in [-0.39, 0.29) is 0 Å². The Labute approximate surface area is 109 Å². The molecule has 6 N–H and O–H groups in total. The van der Waals surface area contributed by atoms with E-state index in [0.717, 1.165) is 26.2 Å². The summed E-state index contributed by atoms with van der Waals surface area (Å²) in [6.07, 6.45) is 0. The van der Waals surface area contributed by atoms with Gasteiger partial charge in [-0.15, -0.1) is 0 Å². The second kappa shape index (κ2) is 10.2. The van der Waals surface area contributed by atoms with Gasteiger partial charge in [0.05, 0.1) is 0 Å². The first kappa shape index (κ1) is 17.2. The maximum atomic E-state index is 5.98. The van der Waals surface area contributed by atoms with E-state index in [1.807, 2.05) is 0 Å². The predicted octanol–water partition coefficient (Wildman–Crippen LogP) is -0.658. The van der Waals surface area contributed by atoms with E-state index in [1.54, 1.807) is 0 Å². The molecule has 0 aliphatic rings. The van der Waals surface area contributed by atoms with Crippen LogP contribution in [0.3, 0.4) is 0 Å². The molecule has 5 nitrogen and oxygen atoms in total. The van der Waals surface area contributed by atoms with Gasteiger partial charge in [-0.25, -0.2) is 0 Å².